The summed E-state index contributed by atoms with van der Waals surface area (Å²) in [5.74, 6) is 0.0385. The van der Waals surface area contributed by atoms with Gasteiger partial charge >= 0.3 is 6.18 Å². The molecule has 0 saturated heterocycles. The molecule has 0 amide bonds. The highest BCUT2D eigenvalue weighted by Gasteiger charge is 2.31. The molecule has 0 aliphatic carbocycles. The van der Waals surface area contributed by atoms with Gasteiger partial charge < -0.3 is 4.42 Å². The van der Waals surface area contributed by atoms with Gasteiger partial charge in [0.2, 0.25) is 11.6 Å². The first-order valence-corrected chi connectivity index (χ1v) is 8.53. The Hall–Kier alpha value is -2.42. The lowest BCUT2D eigenvalue weighted by Gasteiger charge is -2.03. The topological polar surface area (TPSA) is 73.1 Å². The van der Waals surface area contributed by atoms with Crippen LogP contribution in [0.15, 0.2) is 45.8 Å². The number of sulfone groups is 1. The molecule has 0 atom stereocenters. The maximum absolute atomic E-state index is 12.7. The number of aromatic nitrogens is 2. The van der Waals surface area contributed by atoms with Crippen molar-refractivity contribution < 1.29 is 26.0 Å². The Balaban J connectivity index is 2.01. The Kier molecular flexibility index (Phi) is 3.83. The minimum absolute atomic E-state index is 0.0231. The number of alkyl halides is 3. The Bertz CT molecular complexity index is 993. The lowest BCUT2D eigenvalue weighted by atomic mass is 10.2. The Labute approximate surface area is 135 Å². The van der Waals surface area contributed by atoms with E-state index in [9.17, 15) is 21.6 Å². The van der Waals surface area contributed by atoms with Crippen LogP contribution in [0, 0.1) is 0 Å². The summed E-state index contributed by atoms with van der Waals surface area (Å²) in [5.41, 5.74) is -0.524. The molecule has 0 unspecified atom stereocenters. The van der Waals surface area contributed by atoms with E-state index >= 15 is 0 Å². The normalized spacial score (nSPS) is 12.7. The summed E-state index contributed by atoms with van der Waals surface area (Å²) in [4.78, 5) is 7.76. The molecular weight excluding hydrogens is 345 g/mol. The van der Waals surface area contributed by atoms with Gasteiger partial charge in [-0.15, -0.1) is 0 Å². The van der Waals surface area contributed by atoms with Crippen molar-refractivity contribution in [3.05, 3.63) is 42.1 Å². The Morgan fingerprint density at radius 1 is 1.17 bits per heavy atom. The third kappa shape index (κ3) is 2.99. The predicted octanol–water partition coefficient (Wildman–Crippen LogP) is 3.70. The molecule has 0 bridgehead atoms. The molecule has 5 nitrogen and oxygen atoms in total. The molecule has 0 aliphatic heterocycles. The van der Waals surface area contributed by atoms with Gasteiger partial charge in [0.15, 0.2) is 9.84 Å². The van der Waals surface area contributed by atoms with Crippen molar-refractivity contribution in [1.82, 2.24) is 9.97 Å². The van der Waals surface area contributed by atoms with Gasteiger partial charge in [0.1, 0.15) is 5.52 Å². The van der Waals surface area contributed by atoms with E-state index in [4.69, 9.17) is 4.42 Å². The molecule has 0 spiro atoms. The second kappa shape index (κ2) is 5.59. The molecule has 126 valence electrons. The molecule has 0 N–H and O–H groups in total. The molecule has 3 aromatic rings. The van der Waals surface area contributed by atoms with E-state index in [1.807, 2.05) is 0 Å². The van der Waals surface area contributed by atoms with Crippen LogP contribution < -0.4 is 0 Å². The number of pyridine rings is 1. The fourth-order valence-electron chi connectivity index (χ4n) is 2.07. The standard InChI is InChI=1S/C15H11F3N2O3S/c1-2-24(21,22)11-5-3-9(4-6-11)13-20-12-7-10(15(16,17)18)8-19-14(12)23-13/h3-8H,2H2,1H3. The summed E-state index contributed by atoms with van der Waals surface area (Å²) >= 11 is 0. The van der Waals surface area contributed by atoms with Crippen molar-refractivity contribution in [1.29, 1.82) is 0 Å². The molecule has 3 rings (SSSR count). The lowest BCUT2D eigenvalue weighted by Crippen LogP contribution is -2.04. The van der Waals surface area contributed by atoms with Gasteiger partial charge in [-0.25, -0.2) is 18.4 Å². The number of hydrogen-bond donors (Lipinski definition) is 0. The first-order valence-electron chi connectivity index (χ1n) is 6.87. The summed E-state index contributed by atoms with van der Waals surface area (Å²) in [6.45, 7) is 1.54. The van der Waals surface area contributed by atoms with Crippen LogP contribution in [0.3, 0.4) is 0 Å². The number of benzene rings is 1. The first-order chi connectivity index (χ1) is 11.2. The third-order valence-corrected chi connectivity index (χ3v) is 5.17. The van der Waals surface area contributed by atoms with E-state index in [1.165, 1.54) is 31.2 Å². The van der Waals surface area contributed by atoms with Gasteiger partial charge in [-0.1, -0.05) is 6.92 Å². The monoisotopic (exact) mass is 356 g/mol. The van der Waals surface area contributed by atoms with Crippen LogP contribution in [0.4, 0.5) is 13.2 Å². The van der Waals surface area contributed by atoms with Gasteiger partial charge in [-0.3, -0.25) is 0 Å². The van der Waals surface area contributed by atoms with Crippen LogP contribution in [0.5, 0.6) is 0 Å². The van der Waals surface area contributed by atoms with Crippen LogP contribution in [-0.2, 0) is 16.0 Å². The molecule has 9 heteroatoms. The summed E-state index contributed by atoms with van der Waals surface area (Å²) in [6, 6.07) is 6.62. The van der Waals surface area contributed by atoms with Crippen molar-refractivity contribution in [2.75, 3.05) is 5.75 Å². The Morgan fingerprint density at radius 2 is 1.83 bits per heavy atom. The maximum Gasteiger partial charge on any atom is 0.417 e. The molecular formula is C15H11F3N2O3S. The summed E-state index contributed by atoms with van der Waals surface area (Å²) in [5, 5.41) is 0. The van der Waals surface area contributed by atoms with Crippen molar-refractivity contribution in [3.8, 4) is 11.5 Å². The molecule has 0 saturated carbocycles. The third-order valence-electron chi connectivity index (χ3n) is 3.42. The van der Waals surface area contributed by atoms with Crippen LogP contribution in [0.1, 0.15) is 12.5 Å². The second-order valence-electron chi connectivity index (χ2n) is 4.99. The highest BCUT2D eigenvalue weighted by Crippen LogP contribution is 2.31. The zero-order valence-corrected chi connectivity index (χ0v) is 13.1. The van der Waals surface area contributed by atoms with Crippen molar-refractivity contribution in [3.63, 3.8) is 0 Å². The quantitative estimate of drug-likeness (QED) is 0.715. The minimum Gasteiger partial charge on any atom is -0.418 e. The van der Waals surface area contributed by atoms with E-state index < -0.39 is 21.6 Å². The number of nitrogens with zero attached hydrogens (tertiary/aromatic N) is 2. The van der Waals surface area contributed by atoms with Gasteiger partial charge in [0.05, 0.1) is 16.2 Å². The van der Waals surface area contributed by atoms with Gasteiger partial charge in [-0.2, -0.15) is 13.2 Å². The minimum atomic E-state index is -4.52. The number of fused-ring (bicyclic) bond motifs is 1. The molecule has 0 radical (unpaired) electrons. The molecule has 2 heterocycles. The SMILES string of the molecule is CCS(=O)(=O)c1ccc(-c2nc3cc(C(F)(F)F)cnc3o2)cc1. The average Bonchev–Trinajstić information content (AvgIpc) is 2.97. The first kappa shape index (κ1) is 16.4. The molecule has 24 heavy (non-hydrogen) atoms. The number of oxazole rings is 1. The molecule has 0 aliphatic rings. The van der Waals surface area contributed by atoms with E-state index in [-0.39, 0.29) is 27.8 Å². The molecule has 1 aromatic carbocycles. The number of halogens is 3. The van der Waals surface area contributed by atoms with Crippen LogP contribution >= 0.6 is 0 Å². The summed E-state index contributed by atoms with van der Waals surface area (Å²) in [7, 11) is -3.33. The van der Waals surface area contributed by atoms with E-state index in [0.717, 1.165) is 6.07 Å². The van der Waals surface area contributed by atoms with Crippen LogP contribution in [0.2, 0.25) is 0 Å². The smallest absolute Gasteiger partial charge is 0.417 e. The van der Waals surface area contributed by atoms with E-state index in [2.05, 4.69) is 9.97 Å². The van der Waals surface area contributed by atoms with Gasteiger partial charge in [0.25, 0.3) is 0 Å². The highest BCUT2D eigenvalue weighted by atomic mass is 32.2. The largest absolute Gasteiger partial charge is 0.418 e. The van der Waals surface area contributed by atoms with E-state index in [1.54, 1.807) is 0 Å². The zero-order chi connectivity index (χ0) is 17.5. The van der Waals surface area contributed by atoms with Crippen molar-refractivity contribution in [2.45, 2.75) is 18.0 Å². The van der Waals surface area contributed by atoms with Crippen LogP contribution in [-0.4, -0.2) is 24.1 Å². The molecule has 2 aromatic heterocycles. The summed E-state index contributed by atoms with van der Waals surface area (Å²) in [6.07, 6.45) is -3.84. The Morgan fingerprint density at radius 3 is 2.42 bits per heavy atom. The molecule has 0 fully saturated rings. The van der Waals surface area contributed by atoms with Crippen LogP contribution in [0.25, 0.3) is 22.7 Å². The van der Waals surface area contributed by atoms with Gasteiger partial charge in [-0.05, 0) is 30.3 Å². The van der Waals surface area contributed by atoms with E-state index in [0.29, 0.717) is 11.8 Å². The number of rotatable bonds is 3. The predicted molar refractivity (Wildman–Crippen MR) is 80.0 cm³/mol. The van der Waals surface area contributed by atoms with Crippen molar-refractivity contribution >= 4 is 21.1 Å². The fraction of sp³-hybridized carbons (Fsp3) is 0.200. The van der Waals surface area contributed by atoms with Gasteiger partial charge in [0, 0.05) is 11.8 Å². The summed E-state index contributed by atoms with van der Waals surface area (Å²) < 4.78 is 66.9. The lowest BCUT2D eigenvalue weighted by molar-refractivity contribution is -0.137. The second-order valence-corrected chi connectivity index (χ2v) is 7.27. The average molecular weight is 356 g/mol. The zero-order valence-electron chi connectivity index (χ0n) is 12.3. The number of hydrogen-bond acceptors (Lipinski definition) is 5. The van der Waals surface area contributed by atoms with Crippen molar-refractivity contribution in [2.24, 2.45) is 0 Å². The highest BCUT2D eigenvalue weighted by molar-refractivity contribution is 7.91. The maximum atomic E-state index is 12.7. The fourth-order valence-corrected chi connectivity index (χ4v) is 2.96.